The van der Waals surface area contributed by atoms with Gasteiger partial charge < -0.3 is 19.6 Å². The Bertz CT molecular complexity index is 316. The average molecular weight is 260 g/mol. The Kier molecular flexibility index (Phi) is 5.41. The zero-order chi connectivity index (χ0) is 13.1. The van der Waals surface area contributed by atoms with Gasteiger partial charge in [-0.1, -0.05) is 19.8 Å². The molecule has 0 aromatic carbocycles. The lowest BCUT2D eigenvalue weighted by atomic mass is 9.81. The highest BCUT2D eigenvalue weighted by atomic mass is 31.2. The van der Waals surface area contributed by atoms with Gasteiger partial charge in [0.15, 0.2) is 0 Å². The van der Waals surface area contributed by atoms with Gasteiger partial charge in [-0.15, -0.1) is 0 Å². The molecule has 0 aliphatic carbocycles. The van der Waals surface area contributed by atoms with E-state index >= 15 is 0 Å². The number of aliphatic hydroxyl groups excluding tert-OH is 1. The third-order valence-electron chi connectivity index (χ3n) is 2.87. The minimum atomic E-state index is -4.22. The topological polar surface area (TPSA) is 87.0 Å². The zero-order valence-electron chi connectivity index (χ0n) is 9.77. The molecule has 96 valence electrons. The van der Waals surface area contributed by atoms with Crippen molar-refractivity contribution in [1.82, 2.24) is 0 Å². The van der Waals surface area contributed by atoms with E-state index in [4.69, 9.17) is 22.4 Å². The van der Waals surface area contributed by atoms with Crippen LogP contribution in [0.4, 0.5) is 0 Å². The summed E-state index contributed by atoms with van der Waals surface area (Å²) < 4.78 is 15.9. The van der Waals surface area contributed by atoms with Crippen molar-refractivity contribution >= 4 is 15.4 Å². The maximum absolute atomic E-state index is 10.7. The molecular formula is C10H18BO5P. The smallest absolute Gasteiger partial charge is 0.348 e. The van der Waals surface area contributed by atoms with E-state index < -0.39 is 25.8 Å². The Morgan fingerprint density at radius 2 is 2.12 bits per heavy atom. The summed E-state index contributed by atoms with van der Waals surface area (Å²) in [6.45, 7) is 2.04. The molecule has 0 aromatic rings. The summed E-state index contributed by atoms with van der Waals surface area (Å²) in [5.41, 5.74) is 0. The Morgan fingerprint density at radius 3 is 2.65 bits per heavy atom. The van der Waals surface area contributed by atoms with Crippen molar-refractivity contribution in [1.29, 1.82) is 0 Å². The number of aliphatic hydroxyl groups is 1. The number of unbranched alkanes of at least 4 members (excludes halogenated alkanes) is 1. The highest BCUT2D eigenvalue weighted by molar-refractivity contribution is 7.55. The van der Waals surface area contributed by atoms with Crippen LogP contribution in [-0.2, 0) is 9.30 Å². The van der Waals surface area contributed by atoms with Gasteiger partial charge in [-0.3, -0.25) is 4.57 Å². The molecule has 1 fully saturated rings. The van der Waals surface area contributed by atoms with Crippen LogP contribution in [0, 0.1) is 5.92 Å². The second kappa shape index (κ2) is 6.16. The van der Waals surface area contributed by atoms with Gasteiger partial charge in [0, 0.05) is 17.7 Å². The van der Waals surface area contributed by atoms with Crippen LogP contribution in [0.2, 0.25) is 0 Å². The van der Waals surface area contributed by atoms with Crippen LogP contribution in [0.25, 0.3) is 0 Å². The molecule has 0 saturated carbocycles. The summed E-state index contributed by atoms with van der Waals surface area (Å²) in [5.74, 6) is 0.567. The molecule has 3 N–H and O–H groups in total. The lowest BCUT2D eigenvalue weighted by Gasteiger charge is -2.16. The van der Waals surface area contributed by atoms with Crippen molar-refractivity contribution in [2.24, 2.45) is 5.92 Å². The number of rotatable bonds is 5. The molecule has 1 aliphatic rings. The Hall–Kier alpha value is -0.125. The van der Waals surface area contributed by atoms with Gasteiger partial charge >= 0.3 is 7.60 Å². The molecule has 4 atom stereocenters. The van der Waals surface area contributed by atoms with Crippen LogP contribution >= 0.6 is 7.60 Å². The van der Waals surface area contributed by atoms with Crippen LogP contribution in [0.1, 0.15) is 26.2 Å². The van der Waals surface area contributed by atoms with E-state index in [9.17, 15) is 9.67 Å². The highest BCUT2D eigenvalue weighted by Crippen LogP contribution is 2.38. The van der Waals surface area contributed by atoms with Crippen molar-refractivity contribution in [3.8, 4) is 0 Å². The third-order valence-corrected chi connectivity index (χ3v) is 3.43. The fourth-order valence-corrected chi connectivity index (χ4v) is 2.33. The minimum absolute atomic E-state index is 0.179. The monoisotopic (exact) mass is 260 g/mol. The second-order valence-electron chi connectivity index (χ2n) is 4.29. The van der Waals surface area contributed by atoms with Gasteiger partial charge in [-0.25, -0.2) is 0 Å². The van der Waals surface area contributed by atoms with Crippen molar-refractivity contribution < 1.29 is 24.2 Å². The van der Waals surface area contributed by atoms with Gasteiger partial charge in [0.1, 0.15) is 14.0 Å². The molecule has 2 radical (unpaired) electrons. The van der Waals surface area contributed by atoms with E-state index in [1.54, 1.807) is 0 Å². The molecule has 1 aliphatic heterocycles. The molecule has 0 bridgehead atoms. The maximum atomic E-state index is 10.7. The van der Waals surface area contributed by atoms with Crippen molar-refractivity contribution in [3.63, 3.8) is 0 Å². The highest BCUT2D eigenvalue weighted by Gasteiger charge is 2.38. The first-order chi connectivity index (χ1) is 7.85. The summed E-state index contributed by atoms with van der Waals surface area (Å²) >= 11 is 0. The normalized spacial score (nSPS) is 34.6. The lowest BCUT2D eigenvalue weighted by Crippen LogP contribution is -2.26. The van der Waals surface area contributed by atoms with Gasteiger partial charge in [0.2, 0.25) is 0 Å². The van der Waals surface area contributed by atoms with E-state index in [1.807, 2.05) is 6.92 Å². The van der Waals surface area contributed by atoms with Crippen LogP contribution in [-0.4, -0.2) is 41.0 Å². The molecule has 1 rings (SSSR count). The molecular weight excluding hydrogens is 242 g/mol. The zero-order valence-corrected chi connectivity index (χ0v) is 10.7. The SMILES string of the molecule is [B][C@@H]1O[C@H](/C=C/P(=O)(O)O)C(O)[C@@H]1CCCC. The molecule has 1 heterocycles. The molecule has 5 nitrogen and oxygen atoms in total. The quantitative estimate of drug-likeness (QED) is 0.501. The first-order valence-corrected chi connectivity index (χ1v) is 7.37. The minimum Gasteiger partial charge on any atom is -0.390 e. The third kappa shape index (κ3) is 4.56. The van der Waals surface area contributed by atoms with Crippen molar-refractivity contribution in [3.05, 3.63) is 11.9 Å². The summed E-state index contributed by atoms with van der Waals surface area (Å²) in [4.78, 5) is 17.4. The van der Waals surface area contributed by atoms with Gasteiger partial charge in [-0.05, 0) is 12.5 Å². The molecule has 7 heteroatoms. The van der Waals surface area contributed by atoms with Crippen molar-refractivity contribution in [2.45, 2.75) is 44.4 Å². The number of ether oxygens (including phenoxy) is 1. The van der Waals surface area contributed by atoms with Gasteiger partial charge in [0.25, 0.3) is 0 Å². The molecule has 1 unspecified atom stereocenters. The van der Waals surface area contributed by atoms with Gasteiger partial charge in [-0.2, -0.15) is 0 Å². The predicted octanol–water partition coefficient (Wildman–Crippen LogP) is 0.738. The van der Waals surface area contributed by atoms with E-state index in [0.29, 0.717) is 0 Å². The van der Waals surface area contributed by atoms with E-state index in [-0.39, 0.29) is 5.92 Å². The van der Waals surface area contributed by atoms with E-state index in [1.165, 1.54) is 6.08 Å². The summed E-state index contributed by atoms with van der Waals surface area (Å²) in [6, 6.07) is -0.581. The second-order valence-corrected chi connectivity index (χ2v) is 5.77. The Labute approximate surface area is 102 Å². The van der Waals surface area contributed by atoms with Crippen LogP contribution in [0.3, 0.4) is 0 Å². The number of hydrogen-bond acceptors (Lipinski definition) is 3. The first-order valence-electron chi connectivity index (χ1n) is 5.69. The lowest BCUT2D eigenvalue weighted by molar-refractivity contribution is 0.0629. The predicted molar refractivity (Wildman–Crippen MR) is 64.6 cm³/mol. The molecule has 0 aromatic heterocycles. The van der Waals surface area contributed by atoms with Crippen molar-refractivity contribution in [2.75, 3.05) is 0 Å². The number of hydrogen-bond donors (Lipinski definition) is 3. The van der Waals surface area contributed by atoms with E-state index in [0.717, 1.165) is 25.1 Å². The summed E-state index contributed by atoms with van der Waals surface area (Å²) in [6.07, 6.45) is 2.34. The first kappa shape index (κ1) is 14.9. The Morgan fingerprint density at radius 1 is 1.47 bits per heavy atom. The standard InChI is InChI=1S/C10H18BO5P/c1-2-3-4-7-9(12)8(16-10(7)11)5-6-17(13,14)15/h5-10,12H,2-4H2,1H3,(H2,13,14,15)/b6-5+/t7-,8+,9?,10+/m0/s1. The Balaban J connectivity index is 2.61. The fraction of sp³-hybridized carbons (Fsp3) is 0.800. The molecule has 17 heavy (non-hydrogen) atoms. The average Bonchev–Trinajstić information content (AvgIpc) is 2.48. The van der Waals surface area contributed by atoms with Crippen LogP contribution in [0.5, 0.6) is 0 Å². The maximum Gasteiger partial charge on any atom is 0.348 e. The summed E-state index contributed by atoms with van der Waals surface area (Å²) in [5, 5.41) is 9.93. The van der Waals surface area contributed by atoms with Gasteiger partial charge in [0.05, 0.1) is 6.10 Å². The van der Waals surface area contributed by atoms with E-state index in [2.05, 4.69) is 0 Å². The molecule has 0 spiro atoms. The van der Waals surface area contributed by atoms with Crippen LogP contribution < -0.4 is 0 Å². The largest absolute Gasteiger partial charge is 0.390 e. The molecule has 0 amide bonds. The molecule has 1 saturated heterocycles. The summed E-state index contributed by atoms with van der Waals surface area (Å²) in [7, 11) is 1.51. The van der Waals surface area contributed by atoms with Crippen LogP contribution in [0.15, 0.2) is 11.9 Å². The fourth-order valence-electron chi connectivity index (χ4n) is 1.93.